The predicted octanol–water partition coefficient (Wildman–Crippen LogP) is 3.53. The molecule has 0 bridgehead atoms. The topological polar surface area (TPSA) is 12.0 Å². The second-order valence-corrected chi connectivity index (χ2v) is 4.62. The van der Waals surface area contributed by atoms with Gasteiger partial charge in [0.05, 0.1) is 0 Å². The monoisotopic (exact) mass is 253 g/mol. The minimum Gasteiger partial charge on any atom is -0.313 e. The van der Waals surface area contributed by atoms with Gasteiger partial charge in [-0.15, -0.1) is 0 Å². The summed E-state index contributed by atoms with van der Waals surface area (Å²) < 4.78 is 26.8. The summed E-state index contributed by atoms with van der Waals surface area (Å²) in [4.78, 5) is 0. The molecule has 1 unspecified atom stereocenters. The number of hydrogen-bond acceptors (Lipinski definition) is 2. The van der Waals surface area contributed by atoms with Crippen molar-refractivity contribution in [1.82, 2.24) is 5.32 Å². The lowest BCUT2D eigenvalue weighted by Gasteiger charge is -2.16. The number of benzene rings is 1. The molecule has 17 heavy (non-hydrogen) atoms. The second kappa shape index (κ2) is 5.38. The van der Waals surface area contributed by atoms with Crippen LogP contribution in [0.4, 0.5) is 8.78 Å². The normalized spacial score (nSPS) is 12.6. The van der Waals surface area contributed by atoms with Crippen molar-refractivity contribution in [3.63, 3.8) is 0 Å². The molecule has 1 aromatic heterocycles. The first-order valence-corrected chi connectivity index (χ1v) is 6.28. The Balaban J connectivity index is 2.25. The van der Waals surface area contributed by atoms with Crippen LogP contribution in [0.3, 0.4) is 0 Å². The highest BCUT2D eigenvalue weighted by atomic mass is 32.1. The standard InChI is InChI=1S/C13H13F2NS/c1-16-13(6-9-4-5-17-8-9)11-7-10(14)2-3-12(11)15/h2-5,7-8,13,16H,6H2,1H3. The maximum Gasteiger partial charge on any atom is 0.128 e. The van der Waals surface area contributed by atoms with Gasteiger partial charge in [0.2, 0.25) is 0 Å². The first kappa shape index (κ1) is 12.2. The molecule has 1 N–H and O–H groups in total. The van der Waals surface area contributed by atoms with E-state index in [0.717, 1.165) is 11.6 Å². The summed E-state index contributed by atoms with van der Waals surface area (Å²) in [5, 5.41) is 7.01. The van der Waals surface area contributed by atoms with E-state index in [0.29, 0.717) is 12.0 Å². The highest BCUT2D eigenvalue weighted by molar-refractivity contribution is 7.07. The molecule has 0 aliphatic carbocycles. The van der Waals surface area contributed by atoms with Crippen LogP contribution in [0.2, 0.25) is 0 Å². The Hall–Kier alpha value is -1.26. The van der Waals surface area contributed by atoms with Crippen molar-refractivity contribution in [2.24, 2.45) is 0 Å². The molecule has 1 aromatic carbocycles. The Morgan fingerprint density at radius 1 is 1.29 bits per heavy atom. The minimum atomic E-state index is -0.410. The van der Waals surface area contributed by atoms with E-state index in [9.17, 15) is 8.78 Å². The molecule has 1 nitrogen and oxygen atoms in total. The van der Waals surface area contributed by atoms with Crippen LogP contribution in [-0.4, -0.2) is 7.05 Å². The van der Waals surface area contributed by atoms with Gasteiger partial charge in [0.25, 0.3) is 0 Å². The lowest BCUT2D eigenvalue weighted by atomic mass is 10.00. The maximum atomic E-state index is 13.6. The van der Waals surface area contributed by atoms with E-state index >= 15 is 0 Å². The van der Waals surface area contributed by atoms with Gasteiger partial charge in [-0.1, -0.05) is 0 Å². The van der Waals surface area contributed by atoms with Crippen molar-refractivity contribution >= 4 is 11.3 Å². The van der Waals surface area contributed by atoms with E-state index in [4.69, 9.17) is 0 Å². The van der Waals surface area contributed by atoms with E-state index in [-0.39, 0.29) is 11.9 Å². The average molecular weight is 253 g/mol. The van der Waals surface area contributed by atoms with Crippen molar-refractivity contribution in [3.05, 3.63) is 57.8 Å². The molecule has 0 aliphatic heterocycles. The zero-order valence-electron chi connectivity index (χ0n) is 9.41. The molecule has 0 saturated heterocycles. The lowest BCUT2D eigenvalue weighted by Crippen LogP contribution is -2.20. The predicted molar refractivity (Wildman–Crippen MR) is 66.2 cm³/mol. The number of halogens is 2. The van der Waals surface area contributed by atoms with Crippen LogP contribution in [-0.2, 0) is 6.42 Å². The van der Waals surface area contributed by atoms with Crippen LogP contribution in [0.25, 0.3) is 0 Å². The Labute approximate surface area is 103 Å². The fourth-order valence-corrected chi connectivity index (χ4v) is 2.48. The largest absolute Gasteiger partial charge is 0.313 e. The summed E-state index contributed by atoms with van der Waals surface area (Å²) in [6, 6.07) is 5.34. The van der Waals surface area contributed by atoms with Gasteiger partial charge in [0, 0.05) is 11.6 Å². The fraction of sp³-hybridized carbons (Fsp3) is 0.231. The highest BCUT2D eigenvalue weighted by Crippen LogP contribution is 2.22. The molecular weight excluding hydrogens is 240 g/mol. The fourth-order valence-electron chi connectivity index (χ4n) is 1.79. The molecule has 0 fully saturated rings. The summed E-state index contributed by atoms with van der Waals surface area (Å²) in [5.74, 6) is -0.784. The number of nitrogens with one attached hydrogen (secondary N) is 1. The zero-order valence-corrected chi connectivity index (χ0v) is 10.2. The third-order valence-corrected chi connectivity index (χ3v) is 3.43. The molecule has 4 heteroatoms. The van der Waals surface area contributed by atoms with Crippen LogP contribution < -0.4 is 5.32 Å². The van der Waals surface area contributed by atoms with Gasteiger partial charge in [0.1, 0.15) is 11.6 Å². The highest BCUT2D eigenvalue weighted by Gasteiger charge is 2.15. The van der Waals surface area contributed by atoms with E-state index in [1.54, 1.807) is 18.4 Å². The average Bonchev–Trinajstić information content (AvgIpc) is 2.82. The van der Waals surface area contributed by atoms with Crippen molar-refractivity contribution < 1.29 is 8.78 Å². The van der Waals surface area contributed by atoms with Crippen molar-refractivity contribution in [2.75, 3.05) is 7.05 Å². The van der Waals surface area contributed by atoms with Crippen LogP contribution in [0.5, 0.6) is 0 Å². The van der Waals surface area contributed by atoms with Gasteiger partial charge in [-0.3, -0.25) is 0 Å². The van der Waals surface area contributed by atoms with Gasteiger partial charge < -0.3 is 5.32 Å². The molecule has 1 atom stereocenters. The smallest absolute Gasteiger partial charge is 0.128 e. The number of thiophene rings is 1. The Kier molecular flexibility index (Phi) is 3.86. The van der Waals surface area contributed by atoms with Crippen LogP contribution in [0.15, 0.2) is 35.0 Å². The molecule has 0 radical (unpaired) electrons. The lowest BCUT2D eigenvalue weighted by molar-refractivity contribution is 0.523. The molecule has 0 aliphatic rings. The third kappa shape index (κ3) is 2.90. The van der Waals surface area contributed by atoms with Crippen molar-refractivity contribution in [1.29, 1.82) is 0 Å². The molecule has 0 spiro atoms. The second-order valence-electron chi connectivity index (χ2n) is 3.84. The van der Waals surface area contributed by atoms with Gasteiger partial charge in [-0.25, -0.2) is 8.78 Å². The Bertz CT molecular complexity index is 482. The first-order valence-electron chi connectivity index (χ1n) is 5.34. The zero-order chi connectivity index (χ0) is 12.3. The molecule has 2 rings (SSSR count). The number of rotatable bonds is 4. The molecular formula is C13H13F2NS. The summed E-state index contributed by atoms with van der Waals surface area (Å²) in [5.41, 5.74) is 1.50. The Morgan fingerprint density at radius 2 is 2.12 bits per heavy atom. The molecule has 0 amide bonds. The van der Waals surface area contributed by atoms with E-state index < -0.39 is 5.82 Å². The van der Waals surface area contributed by atoms with Crippen LogP contribution in [0.1, 0.15) is 17.2 Å². The molecule has 2 aromatic rings. The number of likely N-dealkylation sites (N-methyl/N-ethyl adjacent to an activating group) is 1. The van der Waals surface area contributed by atoms with Crippen molar-refractivity contribution in [3.8, 4) is 0 Å². The summed E-state index contributed by atoms with van der Waals surface area (Å²) in [6.07, 6.45) is 0.653. The van der Waals surface area contributed by atoms with E-state index in [1.807, 2.05) is 16.8 Å². The third-order valence-electron chi connectivity index (χ3n) is 2.70. The van der Waals surface area contributed by atoms with E-state index in [1.165, 1.54) is 12.1 Å². The summed E-state index contributed by atoms with van der Waals surface area (Å²) in [7, 11) is 1.75. The van der Waals surface area contributed by atoms with Gasteiger partial charge in [-0.2, -0.15) is 11.3 Å². The maximum absolute atomic E-state index is 13.6. The van der Waals surface area contributed by atoms with Crippen LogP contribution in [0, 0.1) is 11.6 Å². The van der Waals surface area contributed by atoms with Gasteiger partial charge in [0.15, 0.2) is 0 Å². The molecule has 1 heterocycles. The summed E-state index contributed by atoms with van der Waals surface area (Å²) in [6.45, 7) is 0. The van der Waals surface area contributed by atoms with Crippen LogP contribution >= 0.6 is 11.3 Å². The molecule has 90 valence electrons. The summed E-state index contributed by atoms with van der Waals surface area (Å²) >= 11 is 1.60. The van der Waals surface area contributed by atoms with E-state index in [2.05, 4.69) is 5.32 Å². The van der Waals surface area contributed by atoms with Gasteiger partial charge in [-0.05, 0) is 54.1 Å². The Morgan fingerprint density at radius 3 is 2.76 bits per heavy atom. The molecule has 0 saturated carbocycles. The first-order chi connectivity index (χ1) is 8.20. The minimum absolute atomic E-state index is 0.208. The van der Waals surface area contributed by atoms with Gasteiger partial charge >= 0.3 is 0 Å². The van der Waals surface area contributed by atoms with Crippen molar-refractivity contribution in [2.45, 2.75) is 12.5 Å². The quantitative estimate of drug-likeness (QED) is 0.879. The SMILES string of the molecule is CNC(Cc1ccsc1)c1cc(F)ccc1F. The number of hydrogen-bond donors (Lipinski definition) is 1.